The first-order valence-electron chi connectivity index (χ1n) is 7.94. The van der Waals surface area contributed by atoms with Crippen LogP contribution in [0, 0.1) is 17.8 Å². The van der Waals surface area contributed by atoms with Crippen molar-refractivity contribution in [2.24, 2.45) is 17.8 Å². The highest BCUT2D eigenvalue weighted by atomic mass is 32.2. The number of hydrogen-bond acceptors (Lipinski definition) is 3. The molecular formula is C16H24N2O2S. The Balaban J connectivity index is 1.71. The van der Waals surface area contributed by atoms with Crippen molar-refractivity contribution in [3.8, 4) is 0 Å². The number of para-hydroxylation sites is 1. The van der Waals surface area contributed by atoms with E-state index in [0.717, 1.165) is 11.8 Å². The van der Waals surface area contributed by atoms with Gasteiger partial charge in [0.1, 0.15) is 4.90 Å². The smallest absolute Gasteiger partial charge is 0.242 e. The van der Waals surface area contributed by atoms with E-state index in [0.29, 0.717) is 29.6 Å². The standard InChI is InChI=1S/C16H24N2O2S/c1-2-17-15-5-3-4-6-16(15)21(19,20)18-11-14(12-7-8-12)13-9-10-13/h3-6,12-14,17-18H,2,7-11H2,1H3. The fraction of sp³-hybridized carbons (Fsp3) is 0.625. The van der Waals surface area contributed by atoms with Crippen molar-refractivity contribution in [1.82, 2.24) is 4.72 Å². The third-order valence-electron chi connectivity index (χ3n) is 4.51. The van der Waals surface area contributed by atoms with Crippen LogP contribution in [0.5, 0.6) is 0 Å². The molecule has 1 aromatic rings. The summed E-state index contributed by atoms with van der Waals surface area (Å²) in [7, 11) is -3.43. The Labute approximate surface area is 127 Å². The normalized spacial score (nSPS) is 19.0. The van der Waals surface area contributed by atoms with Gasteiger partial charge in [-0.25, -0.2) is 13.1 Å². The van der Waals surface area contributed by atoms with Crippen LogP contribution in [0.3, 0.4) is 0 Å². The predicted octanol–water partition coefficient (Wildman–Crippen LogP) is 2.83. The summed E-state index contributed by atoms with van der Waals surface area (Å²) in [6.45, 7) is 3.27. The molecule has 2 aliphatic carbocycles. The Morgan fingerprint density at radius 2 is 1.76 bits per heavy atom. The maximum Gasteiger partial charge on any atom is 0.242 e. The Hall–Kier alpha value is -1.07. The minimum absolute atomic E-state index is 0.359. The minimum Gasteiger partial charge on any atom is -0.384 e. The van der Waals surface area contributed by atoms with Crippen molar-refractivity contribution in [2.75, 3.05) is 18.4 Å². The zero-order valence-electron chi connectivity index (χ0n) is 12.5. The molecule has 0 saturated heterocycles. The first-order valence-corrected chi connectivity index (χ1v) is 9.42. The van der Waals surface area contributed by atoms with E-state index in [1.165, 1.54) is 25.7 Å². The van der Waals surface area contributed by atoms with E-state index in [1.807, 2.05) is 19.1 Å². The molecular weight excluding hydrogens is 284 g/mol. The van der Waals surface area contributed by atoms with E-state index >= 15 is 0 Å². The van der Waals surface area contributed by atoms with Gasteiger partial charge < -0.3 is 5.32 Å². The summed E-state index contributed by atoms with van der Waals surface area (Å²) in [6, 6.07) is 7.11. The Morgan fingerprint density at radius 1 is 1.14 bits per heavy atom. The Morgan fingerprint density at radius 3 is 2.33 bits per heavy atom. The molecule has 2 aliphatic rings. The lowest BCUT2D eigenvalue weighted by atomic mass is 9.99. The van der Waals surface area contributed by atoms with Crippen LogP contribution in [-0.2, 0) is 10.0 Å². The fourth-order valence-corrected chi connectivity index (χ4v) is 4.34. The number of sulfonamides is 1. The third-order valence-corrected chi connectivity index (χ3v) is 5.99. The van der Waals surface area contributed by atoms with Crippen LogP contribution in [-0.4, -0.2) is 21.5 Å². The van der Waals surface area contributed by atoms with Crippen LogP contribution in [0.4, 0.5) is 5.69 Å². The van der Waals surface area contributed by atoms with Gasteiger partial charge in [-0.3, -0.25) is 0 Å². The summed E-state index contributed by atoms with van der Waals surface area (Å²) in [5, 5.41) is 3.12. The molecule has 0 unspecified atom stereocenters. The second-order valence-corrected chi connectivity index (χ2v) is 7.95. The summed E-state index contributed by atoms with van der Waals surface area (Å²) in [5.41, 5.74) is 0.682. The Kier molecular flexibility index (Phi) is 4.22. The lowest BCUT2D eigenvalue weighted by Gasteiger charge is -2.17. The summed E-state index contributed by atoms with van der Waals surface area (Å²) >= 11 is 0. The van der Waals surface area contributed by atoms with Gasteiger partial charge in [-0.1, -0.05) is 12.1 Å². The molecule has 0 aromatic heterocycles. The summed E-state index contributed by atoms with van der Waals surface area (Å²) in [6.07, 6.45) is 5.10. The number of anilines is 1. The molecule has 2 saturated carbocycles. The maximum atomic E-state index is 12.6. The largest absolute Gasteiger partial charge is 0.384 e. The predicted molar refractivity (Wildman–Crippen MR) is 84.7 cm³/mol. The van der Waals surface area contributed by atoms with Crippen molar-refractivity contribution in [1.29, 1.82) is 0 Å². The molecule has 0 heterocycles. The van der Waals surface area contributed by atoms with Crippen LogP contribution < -0.4 is 10.0 Å². The zero-order chi connectivity index (χ0) is 14.9. The highest BCUT2D eigenvalue weighted by Crippen LogP contribution is 2.48. The number of nitrogens with one attached hydrogen (secondary N) is 2. The molecule has 3 rings (SSSR count). The Bertz CT molecular complexity index is 580. The molecule has 0 bridgehead atoms. The highest BCUT2D eigenvalue weighted by molar-refractivity contribution is 7.89. The second kappa shape index (κ2) is 5.97. The lowest BCUT2D eigenvalue weighted by Crippen LogP contribution is -2.31. The van der Waals surface area contributed by atoms with Gasteiger partial charge in [0.05, 0.1) is 5.69 Å². The van der Waals surface area contributed by atoms with Gasteiger partial charge in [-0.05, 0) is 62.5 Å². The molecule has 1 aromatic carbocycles. The molecule has 5 heteroatoms. The van der Waals surface area contributed by atoms with Gasteiger partial charge in [0.25, 0.3) is 0 Å². The molecule has 21 heavy (non-hydrogen) atoms. The van der Waals surface area contributed by atoms with Crippen LogP contribution in [0.1, 0.15) is 32.6 Å². The van der Waals surface area contributed by atoms with Crippen LogP contribution in [0.15, 0.2) is 29.2 Å². The molecule has 116 valence electrons. The summed E-state index contributed by atoms with van der Waals surface area (Å²) < 4.78 is 28.0. The summed E-state index contributed by atoms with van der Waals surface area (Å²) in [5.74, 6) is 2.06. The minimum atomic E-state index is -3.43. The quantitative estimate of drug-likeness (QED) is 0.776. The molecule has 2 fully saturated rings. The average molecular weight is 308 g/mol. The van der Waals surface area contributed by atoms with Crippen molar-refractivity contribution in [2.45, 2.75) is 37.5 Å². The van der Waals surface area contributed by atoms with Gasteiger partial charge in [-0.15, -0.1) is 0 Å². The molecule has 0 atom stereocenters. The van der Waals surface area contributed by atoms with E-state index < -0.39 is 10.0 Å². The topological polar surface area (TPSA) is 58.2 Å². The molecule has 4 nitrogen and oxygen atoms in total. The molecule has 0 spiro atoms. The van der Waals surface area contributed by atoms with Crippen LogP contribution >= 0.6 is 0 Å². The van der Waals surface area contributed by atoms with Gasteiger partial charge >= 0.3 is 0 Å². The van der Waals surface area contributed by atoms with Gasteiger partial charge in [0, 0.05) is 13.1 Å². The summed E-state index contributed by atoms with van der Waals surface area (Å²) in [4.78, 5) is 0.359. The second-order valence-electron chi connectivity index (χ2n) is 6.22. The van der Waals surface area contributed by atoms with E-state index in [-0.39, 0.29) is 0 Å². The van der Waals surface area contributed by atoms with Gasteiger partial charge in [-0.2, -0.15) is 0 Å². The maximum absolute atomic E-state index is 12.6. The van der Waals surface area contributed by atoms with E-state index in [9.17, 15) is 8.42 Å². The zero-order valence-corrected chi connectivity index (χ0v) is 13.3. The first-order chi connectivity index (χ1) is 10.1. The number of hydrogen-bond donors (Lipinski definition) is 2. The van der Waals surface area contributed by atoms with Crippen molar-refractivity contribution in [3.05, 3.63) is 24.3 Å². The van der Waals surface area contributed by atoms with E-state index in [1.54, 1.807) is 12.1 Å². The lowest BCUT2D eigenvalue weighted by molar-refractivity contribution is 0.401. The molecule has 0 aliphatic heterocycles. The average Bonchev–Trinajstić information content (AvgIpc) is 3.34. The molecule has 0 radical (unpaired) electrons. The van der Waals surface area contributed by atoms with Gasteiger partial charge in [0.15, 0.2) is 0 Å². The van der Waals surface area contributed by atoms with Crippen LogP contribution in [0.25, 0.3) is 0 Å². The van der Waals surface area contributed by atoms with E-state index in [4.69, 9.17) is 0 Å². The van der Waals surface area contributed by atoms with Gasteiger partial charge in [0.2, 0.25) is 10.0 Å². The monoisotopic (exact) mass is 308 g/mol. The number of benzene rings is 1. The van der Waals surface area contributed by atoms with Crippen molar-refractivity contribution >= 4 is 15.7 Å². The van der Waals surface area contributed by atoms with E-state index in [2.05, 4.69) is 10.0 Å². The third kappa shape index (κ3) is 3.58. The van der Waals surface area contributed by atoms with Crippen molar-refractivity contribution in [3.63, 3.8) is 0 Å². The highest BCUT2D eigenvalue weighted by Gasteiger charge is 2.41. The number of rotatable bonds is 8. The fourth-order valence-electron chi connectivity index (χ4n) is 3.09. The molecule has 2 N–H and O–H groups in total. The van der Waals surface area contributed by atoms with Crippen molar-refractivity contribution < 1.29 is 8.42 Å². The molecule has 0 amide bonds. The SMILES string of the molecule is CCNc1ccccc1S(=O)(=O)NCC(C1CC1)C1CC1. The van der Waals surface area contributed by atoms with Crippen LogP contribution in [0.2, 0.25) is 0 Å². The first kappa shape index (κ1) is 14.9.